The summed E-state index contributed by atoms with van der Waals surface area (Å²) >= 11 is 0. The molecule has 2 fully saturated rings. The van der Waals surface area contributed by atoms with Crippen molar-refractivity contribution in [2.24, 2.45) is 0 Å². The van der Waals surface area contributed by atoms with Crippen molar-refractivity contribution in [3.05, 3.63) is 59.7 Å². The molecule has 0 atom stereocenters. The average Bonchev–Trinajstić information content (AvgIpc) is 3.34. The summed E-state index contributed by atoms with van der Waals surface area (Å²) in [5.41, 5.74) is 2.78. The molecule has 0 N–H and O–H groups in total. The lowest BCUT2D eigenvalue weighted by Gasteiger charge is -2.26. The van der Waals surface area contributed by atoms with Gasteiger partial charge in [0.15, 0.2) is 0 Å². The summed E-state index contributed by atoms with van der Waals surface area (Å²) in [6.07, 6.45) is 2.39. The van der Waals surface area contributed by atoms with Gasteiger partial charge >= 0.3 is 0 Å². The first-order valence-electron chi connectivity index (χ1n) is 10.7. The van der Waals surface area contributed by atoms with E-state index in [1.54, 1.807) is 24.1 Å². The molecule has 7 nitrogen and oxygen atoms in total. The van der Waals surface area contributed by atoms with Crippen LogP contribution in [0.3, 0.4) is 0 Å². The van der Waals surface area contributed by atoms with Gasteiger partial charge in [-0.2, -0.15) is 4.31 Å². The fourth-order valence-corrected chi connectivity index (χ4v) is 5.57. The number of hydrogen-bond acceptors (Lipinski definition) is 5. The van der Waals surface area contributed by atoms with E-state index in [9.17, 15) is 13.2 Å². The van der Waals surface area contributed by atoms with Crippen molar-refractivity contribution in [3.8, 4) is 0 Å². The van der Waals surface area contributed by atoms with Gasteiger partial charge in [0.1, 0.15) is 0 Å². The number of benzene rings is 2. The minimum absolute atomic E-state index is 0.133. The molecule has 0 spiro atoms. The van der Waals surface area contributed by atoms with Crippen molar-refractivity contribution in [1.29, 1.82) is 0 Å². The molecule has 1 amide bonds. The Labute approximate surface area is 184 Å². The molecule has 2 saturated heterocycles. The van der Waals surface area contributed by atoms with Crippen LogP contribution in [0.1, 0.15) is 28.8 Å². The predicted molar refractivity (Wildman–Crippen MR) is 120 cm³/mol. The lowest BCUT2D eigenvalue weighted by molar-refractivity contribution is 0.0730. The van der Waals surface area contributed by atoms with E-state index in [1.165, 1.54) is 35.0 Å². The Morgan fingerprint density at radius 2 is 1.61 bits per heavy atom. The lowest BCUT2D eigenvalue weighted by atomic mass is 10.1. The largest absolute Gasteiger partial charge is 0.379 e. The summed E-state index contributed by atoms with van der Waals surface area (Å²) in [6.45, 7) is 4.10. The maximum absolute atomic E-state index is 13.0. The molecule has 2 aromatic carbocycles. The molecule has 166 valence electrons. The fourth-order valence-electron chi connectivity index (χ4n) is 4.16. The van der Waals surface area contributed by atoms with Gasteiger partial charge in [0, 0.05) is 51.0 Å². The maximum Gasteiger partial charge on any atom is 0.253 e. The molecule has 8 heteroatoms. The molecule has 0 radical (unpaired) electrons. The Bertz CT molecular complexity index is 1010. The van der Waals surface area contributed by atoms with Crippen LogP contribution in [-0.2, 0) is 21.3 Å². The molecule has 0 saturated carbocycles. The number of hydrogen-bond donors (Lipinski definition) is 0. The van der Waals surface area contributed by atoms with E-state index >= 15 is 0 Å². The van der Waals surface area contributed by atoms with Crippen LogP contribution in [-0.4, -0.2) is 70.0 Å². The molecular formula is C23H29N3O4S. The van der Waals surface area contributed by atoms with Gasteiger partial charge in [-0.15, -0.1) is 0 Å². The van der Waals surface area contributed by atoms with Gasteiger partial charge < -0.3 is 14.5 Å². The summed E-state index contributed by atoms with van der Waals surface area (Å²) in [4.78, 5) is 17.2. The number of carbonyl (C=O) groups is 1. The van der Waals surface area contributed by atoms with Crippen LogP contribution in [0.15, 0.2) is 53.4 Å². The molecule has 31 heavy (non-hydrogen) atoms. The van der Waals surface area contributed by atoms with Gasteiger partial charge in [-0.05, 0) is 48.7 Å². The van der Waals surface area contributed by atoms with Crippen LogP contribution in [0.5, 0.6) is 0 Å². The van der Waals surface area contributed by atoms with E-state index in [0.29, 0.717) is 38.4 Å². The van der Waals surface area contributed by atoms with E-state index in [0.717, 1.165) is 18.7 Å². The number of sulfonamides is 1. The normalized spacial score (nSPS) is 17.6. The molecule has 0 aromatic heterocycles. The van der Waals surface area contributed by atoms with Gasteiger partial charge in [-0.25, -0.2) is 8.42 Å². The Balaban J connectivity index is 1.46. The number of anilines is 1. The number of amides is 1. The zero-order chi connectivity index (χ0) is 21.8. The summed E-state index contributed by atoms with van der Waals surface area (Å²) in [5, 5.41) is 0. The van der Waals surface area contributed by atoms with Gasteiger partial charge in [0.05, 0.1) is 18.1 Å². The lowest BCUT2D eigenvalue weighted by Crippen LogP contribution is -2.40. The molecule has 0 bridgehead atoms. The third kappa shape index (κ3) is 4.76. The minimum atomic E-state index is -3.57. The monoisotopic (exact) mass is 443 g/mol. The number of para-hydroxylation sites is 1. The number of ether oxygens (including phenoxy) is 1. The zero-order valence-corrected chi connectivity index (χ0v) is 18.7. The van der Waals surface area contributed by atoms with Crippen molar-refractivity contribution >= 4 is 21.6 Å². The Kier molecular flexibility index (Phi) is 6.60. The average molecular weight is 444 g/mol. The first-order chi connectivity index (χ1) is 15.0. The molecular weight excluding hydrogens is 414 g/mol. The highest BCUT2D eigenvalue weighted by atomic mass is 32.2. The summed E-state index contributed by atoms with van der Waals surface area (Å²) in [7, 11) is -1.79. The standard InChI is InChI=1S/C23H29N3O4S/c1-24(18-20-6-2-3-7-22(20)25-12-4-5-13-25)23(27)19-8-10-21(11-9-19)31(28,29)26-14-16-30-17-15-26/h2-3,6-11H,4-5,12-18H2,1H3. The molecule has 0 unspecified atom stereocenters. The molecule has 2 aliphatic rings. The molecule has 4 rings (SSSR count). The topological polar surface area (TPSA) is 70.2 Å². The van der Waals surface area contributed by atoms with Crippen molar-refractivity contribution in [3.63, 3.8) is 0 Å². The van der Waals surface area contributed by atoms with Crippen LogP contribution < -0.4 is 4.90 Å². The van der Waals surface area contributed by atoms with E-state index < -0.39 is 10.0 Å². The third-order valence-electron chi connectivity index (χ3n) is 5.90. The Hall–Kier alpha value is -2.42. The molecule has 2 aliphatic heterocycles. The highest BCUT2D eigenvalue weighted by molar-refractivity contribution is 7.89. The highest BCUT2D eigenvalue weighted by Gasteiger charge is 2.26. The second-order valence-corrected chi connectivity index (χ2v) is 9.96. The Morgan fingerprint density at radius 3 is 2.29 bits per heavy atom. The van der Waals surface area contributed by atoms with Crippen LogP contribution >= 0.6 is 0 Å². The van der Waals surface area contributed by atoms with E-state index in [-0.39, 0.29) is 10.8 Å². The maximum atomic E-state index is 13.0. The van der Waals surface area contributed by atoms with E-state index in [1.807, 2.05) is 12.1 Å². The third-order valence-corrected chi connectivity index (χ3v) is 7.81. The van der Waals surface area contributed by atoms with Crippen molar-refractivity contribution in [2.75, 3.05) is 51.3 Å². The molecule has 0 aliphatic carbocycles. The second-order valence-electron chi connectivity index (χ2n) is 8.02. The molecule has 2 heterocycles. The van der Waals surface area contributed by atoms with E-state index in [4.69, 9.17) is 4.74 Å². The van der Waals surface area contributed by atoms with Gasteiger partial charge in [0.2, 0.25) is 10.0 Å². The van der Waals surface area contributed by atoms with Gasteiger partial charge in [-0.1, -0.05) is 18.2 Å². The van der Waals surface area contributed by atoms with Crippen LogP contribution in [0.4, 0.5) is 5.69 Å². The SMILES string of the molecule is CN(Cc1ccccc1N1CCCC1)C(=O)c1ccc(S(=O)(=O)N2CCOCC2)cc1. The summed E-state index contributed by atoms with van der Waals surface area (Å²) < 4.78 is 32.2. The Morgan fingerprint density at radius 1 is 0.968 bits per heavy atom. The predicted octanol–water partition coefficient (Wildman–Crippen LogP) is 2.58. The van der Waals surface area contributed by atoms with Crippen molar-refractivity contribution < 1.29 is 17.9 Å². The molecule has 2 aromatic rings. The van der Waals surface area contributed by atoms with E-state index in [2.05, 4.69) is 17.0 Å². The van der Waals surface area contributed by atoms with Crippen molar-refractivity contribution in [2.45, 2.75) is 24.3 Å². The highest BCUT2D eigenvalue weighted by Crippen LogP contribution is 2.26. The van der Waals surface area contributed by atoms with Crippen LogP contribution in [0.2, 0.25) is 0 Å². The van der Waals surface area contributed by atoms with Gasteiger partial charge in [-0.3, -0.25) is 4.79 Å². The van der Waals surface area contributed by atoms with Crippen LogP contribution in [0.25, 0.3) is 0 Å². The summed E-state index contributed by atoms with van der Waals surface area (Å²) in [5.74, 6) is -0.133. The first kappa shape index (κ1) is 21.8. The van der Waals surface area contributed by atoms with Crippen LogP contribution in [0, 0.1) is 0 Å². The summed E-state index contributed by atoms with van der Waals surface area (Å²) in [6, 6.07) is 14.4. The second kappa shape index (κ2) is 9.38. The van der Waals surface area contributed by atoms with Crippen molar-refractivity contribution in [1.82, 2.24) is 9.21 Å². The smallest absolute Gasteiger partial charge is 0.253 e. The quantitative estimate of drug-likeness (QED) is 0.686. The number of carbonyl (C=O) groups excluding carboxylic acids is 1. The fraction of sp³-hybridized carbons (Fsp3) is 0.435. The zero-order valence-electron chi connectivity index (χ0n) is 17.9. The minimum Gasteiger partial charge on any atom is -0.379 e. The number of rotatable bonds is 6. The number of morpholine rings is 1. The number of nitrogens with zero attached hydrogens (tertiary/aromatic N) is 3. The first-order valence-corrected chi connectivity index (χ1v) is 12.2. The van der Waals surface area contributed by atoms with Gasteiger partial charge in [0.25, 0.3) is 5.91 Å².